The van der Waals surface area contributed by atoms with Crippen LogP contribution in [-0.4, -0.2) is 39.7 Å². The summed E-state index contributed by atoms with van der Waals surface area (Å²) < 4.78 is 2.07. The summed E-state index contributed by atoms with van der Waals surface area (Å²) in [5, 5.41) is 22.2. The minimum atomic E-state index is -0.864. The number of fused-ring (bicyclic) bond motifs is 1. The molecular formula is C23H22N4O3. The lowest BCUT2D eigenvalue weighted by Gasteiger charge is -2.29. The molecule has 0 radical (unpaired) electrons. The van der Waals surface area contributed by atoms with E-state index in [1.165, 1.54) is 10.5 Å². The Morgan fingerprint density at radius 2 is 1.93 bits per heavy atom. The number of carbonyl (C=O) groups is 2. The molecule has 2 amide bonds. The summed E-state index contributed by atoms with van der Waals surface area (Å²) >= 11 is 0. The van der Waals surface area contributed by atoms with Crippen LogP contribution in [-0.2, 0) is 7.05 Å². The van der Waals surface area contributed by atoms with Gasteiger partial charge in [-0.2, -0.15) is 5.26 Å². The molecule has 0 spiro atoms. The SMILES string of the molecule is Cn1cc(C2CCN(C(=O)O)CC2)c2cc(NC(=O)c3cccc(C#N)c3)ccc21. The minimum absolute atomic E-state index is 0.265. The molecule has 7 nitrogen and oxygen atoms in total. The van der Waals surface area contributed by atoms with Gasteiger partial charge in [-0.25, -0.2) is 4.79 Å². The molecule has 4 rings (SSSR count). The Morgan fingerprint density at radius 1 is 1.17 bits per heavy atom. The number of amides is 2. The number of carboxylic acid groups (broad SMARTS) is 1. The van der Waals surface area contributed by atoms with Crippen molar-refractivity contribution in [2.75, 3.05) is 18.4 Å². The molecule has 1 saturated heterocycles. The summed E-state index contributed by atoms with van der Waals surface area (Å²) in [6.07, 6.45) is 2.80. The van der Waals surface area contributed by atoms with Gasteiger partial charge in [-0.05, 0) is 60.7 Å². The van der Waals surface area contributed by atoms with E-state index in [0.717, 1.165) is 23.7 Å². The fraction of sp³-hybridized carbons (Fsp3) is 0.261. The number of benzene rings is 2. The normalized spacial score (nSPS) is 14.5. The van der Waals surface area contributed by atoms with E-state index in [9.17, 15) is 14.7 Å². The van der Waals surface area contributed by atoms with Gasteiger partial charge in [0.15, 0.2) is 0 Å². The van der Waals surface area contributed by atoms with E-state index in [0.29, 0.717) is 29.9 Å². The highest BCUT2D eigenvalue weighted by Gasteiger charge is 2.25. The lowest BCUT2D eigenvalue weighted by molar-refractivity contribution is 0.102. The number of carbonyl (C=O) groups excluding carboxylic acids is 1. The number of anilines is 1. The van der Waals surface area contributed by atoms with Gasteiger partial charge in [0.25, 0.3) is 5.91 Å². The predicted octanol–water partition coefficient (Wildman–Crippen LogP) is 4.16. The summed E-state index contributed by atoms with van der Waals surface area (Å²) in [4.78, 5) is 25.3. The summed E-state index contributed by atoms with van der Waals surface area (Å²) in [6, 6.07) is 14.5. The number of nitrogens with zero attached hydrogens (tertiary/aromatic N) is 3. The van der Waals surface area contributed by atoms with Gasteiger partial charge in [-0.3, -0.25) is 4.79 Å². The van der Waals surface area contributed by atoms with E-state index < -0.39 is 6.09 Å². The van der Waals surface area contributed by atoms with Gasteiger partial charge in [-0.15, -0.1) is 0 Å². The average molecular weight is 402 g/mol. The number of aromatic nitrogens is 1. The van der Waals surface area contributed by atoms with Crippen molar-refractivity contribution in [2.45, 2.75) is 18.8 Å². The smallest absolute Gasteiger partial charge is 0.407 e. The van der Waals surface area contributed by atoms with Crippen molar-refractivity contribution in [1.29, 1.82) is 5.26 Å². The molecule has 0 bridgehead atoms. The number of piperidine rings is 1. The number of rotatable bonds is 3. The minimum Gasteiger partial charge on any atom is -0.465 e. The van der Waals surface area contributed by atoms with E-state index in [1.54, 1.807) is 24.3 Å². The third kappa shape index (κ3) is 3.72. The van der Waals surface area contributed by atoms with Gasteiger partial charge in [0.1, 0.15) is 0 Å². The molecule has 0 saturated carbocycles. The lowest BCUT2D eigenvalue weighted by atomic mass is 9.89. The van der Waals surface area contributed by atoms with E-state index in [1.807, 2.05) is 31.3 Å². The molecule has 2 heterocycles. The van der Waals surface area contributed by atoms with Crippen LogP contribution in [0.3, 0.4) is 0 Å². The molecule has 1 aromatic heterocycles. The first-order valence-electron chi connectivity index (χ1n) is 9.84. The number of aryl methyl sites for hydroxylation is 1. The number of nitrogens with one attached hydrogen (secondary N) is 1. The Labute approximate surface area is 174 Å². The second-order valence-corrected chi connectivity index (χ2v) is 7.62. The molecule has 1 aliphatic rings. The first-order chi connectivity index (χ1) is 14.5. The first-order valence-corrected chi connectivity index (χ1v) is 9.84. The van der Waals surface area contributed by atoms with Crippen molar-refractivity contribution in [2.24, 2.45) is 7.05 Å². The fourth-order valence-corrected chi connectivity index (χ4v) is 4.14. The van der Waals surface area contributed by atoms with Crippen LogP contribution < -0.4 is 5.32 Å². The summed E-state index contributed by atoms with van der Waals surface area (Å²) in [5.41, 5.74) is 3.81. The van der Waals surface area contributed by atoms with Crippen molar-refractivity contribution in [1.82, 2.24) is 9.47 Å². The lowest BCUT2D eigenvalue weighted by Crippen LogP contribution is -2.36. The molecule has 1 aliphatic heterocycles. The predicted molar refractivity (Wildman–Crippen MR) is 114 cm³/mol. The van der Waals surface area contributed by atoms with Crippen LogP contribution in [0.5, 0.6) is 0 Å². The zero-order valence-corrected chi connectivity index (χ0v) is 16.6. The summed E-state index contributed by atoms with van der Waals surface area (Å²) in [5.74, 6) is 0.0151. The Hall–Kier alpha value is -3.79. The highest BCUT2D eigenvalue weighted by Crippen LogP contribution is 2.35. The fourth-order valence-electron chi connectivity index (χ4n) is 4.14. The number of nitriles is 1. The van der Waals surface area contributed by atoms with Crippen molar-refractivity contribution in [3.63, 3.8) is 0 Å². The van der Waals surface area contributed by atoms with Crippen LogP contribution in [0.2, 0.25) is 0 Å². The van der Waals surface area contributed by atoms with E-state index in [4.69, 9.17) is 5.26 Å². The monoisotopic (exact) mass is 402 g/mol. The number of hydrogen-bond donors (Lipinski definition) is 2. The quantitative estimate of drug-likeness (QED) is 0.687. The molecule has 2 N–H and O–H groups in total. The molecule has 3 aromatic rings. The highest BCUT2D eigenvalue weighted by molar-refractivity contribution is 6.05. The summed E-state index contributed by atoms with van der Waals surface area (Å²) in [6.45, 7) is 1.06. The van der Waals surface area contributed by atoms with Gasteiger partial charge < -0.3 is 19.9 Å². The maximum Gasteiger partial charge on any atom is 0.407 e. The largest absolute Gasteiger partial charge is 0.465 e. The van der Waals surface area contributed by atoms with Crippen molar-refractivity contribution in [3.8, 4) is 6.07 Å². The van der Waals surface area contributed by atoms with Crippen LogP contribution in [0, 0.1) is 11.3 Å². The Kier molecular flexibility index (Phi) is 5.15. The zero-order valence-electron chi connectivity index (χ0n) is 16.6. The molecule has 30 heavy (non-hydrogen) atoms. The van der Waals surface area contributed by atoms with Gasteiger partial charge >= 0.3 is 6.09 Å². The third-order valence-electron chi connectivity index (χ3n) is 5.74. The molecule has 0 unspecified atom stereocenters. The Bertz CT molecular complexity index is 1170. The van der Waals surface area contributed by atoms with Crippen LogP contribution in [0.15, 0.2) is 48.7 Å². The first kappa shape index (κ1) is 19.5. The highest BCUT2D eigenvalue weighted by atomic mass is 16.4. The van der Waals surface area contributed by atoms with Gasteiger partial charge in [0.05, 0.1) is 11.6 Å². The van der Waals surface area contributed by atoms with Gasteiger partial charge in [-0.1, -0.05) is 6.07 Å². The van der Waals surface area contributed by atoms with Crippen molar-refractivity contribution >= 4 is 28.6 Å². The van der Waals surface area contributed by atoms with Crippen LogP contribution >= 0.6 is 0 Å². The van der Waals surface area contributed by atoms with Crippen LogP contribution in [0.4, 0.5) is 10.5 Å². The summed E-state index contributed by atoms with van der Waals surface area (Å²) in [7, 11) is 1.99. The maximum atomic E-state index is 12.6. The van der Waals surface area contributed by atoms with Crippen molar-refractivity contribution < 1.29 is 14.7 Å². The van der Waals surface area contributed by atoms with Gasteiger partial charge in [0, 0.05) is 48.5 Å². The van der Waals surface area contributed by atoms with E-state index >= 15 is 0 Å². The molecule has 2 aromatic carbocycles. The van der Waals surface area contributed by atoms with Gasteiger partial charge in [0.2, 0.25) is 0 Å². The average Bonchev–Trinajstić information content (AvgIpc) is 3.09. The Balaban J connectivity index is 1.59. The van der Waals surface area contributed by atoms with Crippen molar-refractivity contribution in [3.05, 3.63) is 65.4 Å². The zero-order chi connectivity index (χ0) is 21.3. The third-order valence-corrected chi connectivity index (χ3v) is 5.74. The molecule has 152 valence electrons. The van der Waals surface area contributed by atoms with Crippen LogP contribution in [0.1, 0.15) is 40.2 Å². The van der Waals surface area contributed by atoms with E-state index in [-0.39, 0.29) is 11.8 Å². The molecule has 0 atom stereocenters. The Morgan fingerprint density at radius 3 is 2.63 bits per heavy atom. The number of likely N-dealkylation sites (tertiary alicyclic amines) is 1. The molecule has 7 heteroatoms. The van der Waals surface area contributed by atoms with E-state index in [2.05, 4.69) is 16.1 Å². The maximum absolute atomic E-state index is 12.6. The second kappa shape index (κ2) is 7.91. The number of hydrogen-bond acceptors (Lipinski definition) is 3. The molecule has 1 fully saturated rings. The molecular weight excluding hydrogens is 380 g/mol. The molecule has 0 aliphatic carbocycles. The topological polar surface area (TPSA) is 98.4 Å². The standard InChI is InChI=1S/C23H22N4O3/c1-26-14-20(16-7-9-27(10-8-16)23(29)30)19-12-18(5-6-21(19)26)25-22(28)17-4-2-3-15(11-17)13-24/h2-6,11-12,14,16H,7-10H2,1H3,(H,25,28)(H,29,30). The van der Waals surface area contributed by atoms with Crippen LogP contribution in [0.25, 0.3) is 10.9 Å². The second-order valence-electron chi connectivity index (χ2n) is 7.62.